The lowest BCUT2D eigenvalue weighted by atomic mass is 10.3. The Morgan fingerprint density at radius 1 is 1.30 bits per heavy atom. The van der Waals surface area contributed by atoms with Crippen LogP contribution in [0.2, 0.25) is 5.02 Å². The average molecular weight is 397 g/mol. The molecule has 0 saturated carbocycles. The van der Waals surface area contributed by atoms with Gasteiger partial charge in [-0.3, -0.25) is 4.72 Å². The highest BCUT2D eigenvalue weighted by atomic mass is 79.9. The summed E-state index contributed by atoms with van der Waals surface area (Å²) in [5, 5.41) is 9.25. The lowest BCUT2D eigenvalue weighted by molar-refractivity contribution is 0.0702. The summed E-state index contributed by atoms with van der Waals surface area (Å²) >= 11 is 9.70. The average Bonchev–Trinajstić information content (AvgIpc) is 2.84. The van der Waals surface area contributed by atoms with E-state index in [1.54, 1.807) is 6.07 Å². The molecule has 0 aliphatic heterocycles. The van der Waals surface area contributed by atoms with Crippen LogP contribution in [0.15, 0.2) is 39.0 Å². The van der Waals surface area contributed by atoms with Gasteiger partial charge in [-0.1, -0.05) is 11.6 Å². The summed E-state index contributed by atoms with van der Waals surface area (Å²) in [7, 11) is -3.81. The van der Waals surface area contributed by atoms with E-state index in [9.17, 15) is 13.2 Å². The molecule has 20 heavy (non-hydrogen) atoms. The molecular weight excluding hydrogens is 390 g/mol. The van der Waals surface area contributed by atoms with Crippen LogP contribution in [0.25, 0.3) is 0 Å². The number of nitrogens with one attached hydrogen (secondary N) is 1. The Morgan fingerprint density at radius 3 is 2.55 bits per heavy atom. The van der Waals surface area contributed by atoms with Gasteiger partial charge in [0.2, 0.25) is 0 Å². The van der Waals surface area contributed by atoms with Crippen molar-refractivity contribution in [3.63, 3.8) is 0 Å². The largest absolute Gasteiger partial charge is 0.477 e. The molecule has 0 aliphatic rings. The molecule has 0 unspecified atom stereocenters. The van der Waals surface area contributed by atoms with Gasteiger partial charge in [-0.25, -0.2) is 13.2 Å². The topological polar surface area (TPSA) is 83.5 Å². The van der Waals surface area contributed by atoms with Crippen molar-refractivity contribution in [1.82, 2.24) is 0 Å². The van der Waals surface area contributed by atoms with Gasteiger partial charge in [-0.15, -0.1) is 11.3 Å². The zero-order chi connectivity index (χ0) is 14.9. The maximum atomic E-state index is 12.1. The number of hydrogen-bond donors (Lipinski definition) is 2. The van der Waals surface area contributed by atoms with Gasteiger partial charge in [0.1, 0.15) is 9.09 Å². The Bertz CT molecular complexity index is 772. The number of benzene rings is 1. The number of sulfonamides is 1. The first kappa shape index (κ1) is 15.3. The van der Waals surface area contributed by atoms with Crippen LogP contribution in [0.5, 0.6) is 0 Å². The molecule has 0 atom stereocenters. The molecule has 0 saturated heterocycles. The van der Waals surface area contributed by atoms with Gasteiger partial charge < -0.3 is 5.11 Å². The lowest BCUT2D eigenvalue weighted by Crippen LogP contribution is -2.11. The van der Waals surface area contributed by atoms with Crippen LogP contribution in [-0.4, -0.2) is 19.5 Å². The molecule has 0 aliphatic carbocycles. The number of rotatable bonds is 4. The van der Waals surface area contributed by atoms with Gasteiger partial charge in [0.05, 0.1) is 10.7 Å². The van der Waals surface area contributed by atoms with Crippen molar-refractivity contribution in [3.05, 3.63) is 44.7 Å². The first-order chi connectivity index (χ1) is 9.29. The maximum Gasteiger partial charge on any atom is 0.345 e. The van der Waals surface area contributed by atoms with Crippen LogP contribution in [-0.2, 0) is 10.0 Å². The van der Waals surface area contributed by atoms with Crippen molar-refractivity contribution in [1.29, 1.82) is 0 Å². The van der Waals surface area contributed by atoms with Gasteiger partial charge in [-0.2, -0.15) is 0 Å². The third kappa shape index (κ3) is 3.32. The van der Waals surface area contributed by atoms with E-state index < -0.39 is 16.0 Å². The summed E-state index contributed by atoms with van der Waals surface area (Å²) in [6.07, 6.45) is 0. The second-order valence-electron chi connectivity index (χ2n) is 3.66. The standard InChI is InChI=1S/C11H7BrClNO4S2/c12-7-5-6(1-2-8(7)13)14-20(17,18)10-4-3-9(19-10)11(15)16/h1-5,14H,(H,15,16). The van der Waals surface area contributed by atoms with Gasteiger partial charge in [0.15, 0.2) is 0 Å². The molecule has 0 bridgehead atoms. The molecule has 1 heterocycles. The molecule has 1 aromatic carbocycles. The highest BCUT2D eigenvalue weighted by Gasteiger charge is 2.19. The summed E-state index contributed by atoms with van der Waals surface area (Å²) in [4.78, 5) is 10.7. The van der Waals surface area contributed by atoms with Crippen molar-refractivity contribution in [2.45, 2.75) is 4.21 Å². The molecule has 5 nitrogen and oxygen atoms in total. The van der Waals surface area contributed by atoms with Gasteiger partial charge in [0, 0.05) is 4.47 Å². The van der Waals surface area contributed by atoms with Gasteiger partial charge in [-0.05, 0) is 46.3 Å². The molecule has 2 rings (SSSR count). The number of halogens is 2. The number of thiophene rings is 1. The lowest BCUT2D eigenvalue weighted by Gasteiger charge is -2.07. The molecule has 0 fully saturated rings. The molecular formula is C11H7BrClNO4S2. The van der Waals surface area contributed by atoms with Crippen molar-refractivity contribution >= 4 is 60.5 Å². The normalized spacial score (nSPS) is 11.3. The second-order valence-corrected chi connectivity index (χ2v) is 7.91. The Labute approximate surface area is 132 Å². The van der Waals surface area contributed by atoms with E-state index in [1.807, 2.05) is 0 Å². The van der Waals surface area contributed by atoms with Crippen LogP contribution in [0.3, 0.4) is 0 Å². The van der Waals surface area contributed by atoms with Crippen LogP contribution >= 0.6 is 38.9 Å². The van der Waals surface area contributed by atoms with Crippen molar-refractivity contribution in [2.75, 3.05) is 4.72 Å². The van der Waals surface area contributed by atoms with E-state index in [1.165, 1.54) is 24.3 Å². The minimum absolute atomic E-state index is 0.0392. The Morgan fingerprint density at radius 2 is 2.00 bits per heavy atom. The second kappa shape index (κ2) is 5.72. The molecule has 2 aromatic rings. The van der Waals surface area contributed by atoms with E-state index in [0.717, 1.165) is 0 Å². The highest BCUT2D eigenvalue weighted by molar-refractivity contribution is 9.10. The van der Waals surface area contributed by atoms with Gasteiger partial charge >= 0.3 is 5.97 Å². The molecule has 106 valence electrons. The third-order valence-electron chi connectivity index (χ3n) is 2.23. The molecule has 2 N–H and O–H groups in total. The summed E-state index contributed by atoms with van der Waals surface area (Å²) in [5.41, 5.74) is 0.326. The summed E-state index contributed by atoms with van der Waals surface area (Å²) in [5.74, 6) is -1.16. The summed E-state index contributed by atoms with van der Waals surface area (Å²) in [6, 6.07) is 7.07. The molecule has 0 spiro atoms. The Balaban J connectivity index is 2.30. The monoisotopic (exact) mass is 395 g/mol. The fraction of sp³-hybridized carbons (Fsp3) is 0. The minimum Gasteiger partial charge on any atom is -0.477 e. The van der Waals surface area contributed by atoms with E-state index in [2.05, 4.69) is 20.7 Å². The zero-order valence-corrected chi connectivity index (χ0v) is 13.6. The highest BCUT2D eigenvalue weighted by Crippen LogP contribution is 2.28. The zero-order valence-electron chi connectivity index (χ0n) is 9.63. The first-order valence-electron chi connectivity index (χ1n) is 5.10. The van der Waals surface area contributed by atoms with E-state index in [0.29, 0.717) is 26.5 Å². The summed E-state index contributed by atoms with van der Waals surface area (Å²) < 4.78 is 27.0. The fourth-order valence-corrected chi connectivity index (χ4v) is 4.04. The predicted molar refractivity (Wildman–Crippen MR) is 81.2 cm³/mol. The number of carboxylic acids is 1. The number of anilines is 1. The van der Waals surface area contributed by atoms with Crippen molar-refractivity contribution < 1.29 is 18.3 Å². The van der Waals surface area contributed by atoms with Crippen LogP contribution in [0, 0.1) is 0 Å². The number of carboxylic acid groups (broad SMARTS) is 1. The van der Waals surface area contributed by atoms with Crippen LogP contribution in [0.4, 0.5) is 5.69 Å². The molecule has 0 radical (unpaired) electrons. The quantitative estimate of drug-likeness (QED) is 0.826. The summed E-state index contributed by atoms with van der Waals surface area (Å²) in [6.45, 7) is 0. The van der Waals surface area contributed by atoms with Crippen molar-refractivity contribution in [3.8, 4) is 0 Å². The van der Waals surface area contributed by atoms with E-state index >= 15 is 0 Å². The number of carbonyl (C=O) groups is 1. The van der Waals surface area contributed by atoms with E-state index in [4.69, 9.17) is 16.7 Å². The van der Waals surface area contributed by atoms with E-state index in [-0.39, 0.29) is 9.09 Å². The SMILES string of the molecule is O=C(O)c1ccc(S(=O)(=O)Nc2ccc(Cl)c(Br)c2)s1. The fourth-order valence-electron chi connectivity index (χ4n) is 1.34. The molecule has 0 amide bonds. The van der Waals surface area contributed by atoms with Crippen LogP contribution in [0.1, 0.15) is 9.67 Å². The Kier molecular flexibility index (Phi) is 4.38. The number of hydrogen-bond acceptors (Lipinski definition) is 4. The first-order valence-corrected chi connectivity index (χ1v) is 8.57. The molecule has 1 aromatic heterocycles. The predicted octanol–water partition coefficient (Wildman–Crippen LogP) is 3.66. The Hall–Kier alpha value is -1.09. The van der Waals surface area contributed by atoms with Gasteiger partial charge in [0.25, 0.3) is 10.0 Å². The number of aromatic carboxylic acids is 1. The third-order valence-corrected chi connectivity index (χ3v) is 6.39. The van der Waals surface area contributed by atoms with Crippen molar-refractivity contribution in [2.24, 2.45) is 0 Å². The smallest absolute Gasteiger partial charge is 0.345 e. The van der Waals surface area contributed by atoms with Crippen LogP contribution < -0.4 is 4.72 Å². The molecule has 9 heteroatoms. The minimum atomic E-state index is -3.81. The maximum absolute atomic E-state index is 12.1.